The van der Waals surface area contributed by atoms with Crippen molar-refractivity contribution in [2.24, 2.45) is 5.92 Å². The van der Waals surface area contributed by atoms with Crippen molar-refractivity contribution in [1.82, 2.24) is 5.32 Å². The highest BCUT2D eigenvalue weighted by Crippen LogP contribution is 2.32. The zero-order chi connectivity index (χ0) is 11.4. The maximum absolute atomic E-state index is 11.0. The molecule has 1 aliphatic heterocycles. The van der Waals surface area contributed by atoms with Gasteiger partial charge in [0, 0.05) is 19.6 Å². The number of rotatable bonds is 2. The Morgan fingerprint density at radius 3 is 2.62 bits per heavy atom. The van der Waals surface area contributed by atoms with Gasteiger partial charge in [0.15, 0.2) is 0 Å². The zero-order valence-corrected chi connectivity index (χ0v) is 10.2. The van der Waals surface area contributed by atoms with Crippen LogP contribution in [0.4, 0.5) is 0 Å². The number of hydrogen-bond donors (Lipinski definition) is 1. The van der Waals surface area contributed by atoms with Crippen molar-refractivity contribution < 1.29 is 9.53 Å². The van der Waals surface area contributed by atoms with Gasteiger partial charge in [0.05, 0.1) is 6.10 Å². The summed E-state index contributed by atoms with van der Waals surface area (Å²) in [5.41, 5.74) is 0. The van der Waals surface area contributed by atoms with E-state index in [-0.39, 0.29) is 5.91 Å². The molecule has 1 amide bonds. The van der Waals surface area contributed by atoms with Crippen LogP contribution in [0.2, 0.25) is 0 Å². The molecule has 0 aromatic rings. The average Bonchev–Trinajstić information content (AvgIpc) is 2.30. The molecule has 2 fully saturated rings. The van der Waals surface area contributed by atoms with Crippen molar-refractivity contribution in [2.45, 2.75) is 64.0 Å². The zero-order valence-electron chi connectivity index (χ0n) is 10.2. The Bertz CT molecular complexity index is 236. The molecule has 2 aliphatic rings. The summed E-state index contributed by atoms with van der Waals surface area (Å²) in [5, 5.41) is 3.03. The molecule has 0 radical (unpaired) electrons. The van der Waals surface area contributed by atoms with Crippen LogP contribution < -0.4 is 5.32 Å². The molecule has 2 rings (SSSR count). The van der Waals surface area contributed by atoms with Gasteiger partial charge < -0.3 is 10.1 Å². The number of ether oxygens (including phenoxy) is 1. The Balaban J connectivity index is 1.83. The Kier molecular flexibility index (Phi) is 4.22. The predicted octanol–water partition coefficient (Wildman–Crippen LogP) is 2.25. The van der Waals surface area contributed by atoms with Gasteiger partial charge >= 0.3 is 0 Å². The highest BCUT2D eigenvalue weighted by atomic mass is 16.5. The fourth-order valence-corrected chi connectivity index (χ4v) is 3.08. The lowest BCUT2D eigenvalue weighted by Gasteiger charge is -2.36. The Morgan fingerprint density at radius 2 is 1.94 bits per heavy atom. The van der Waals surface area contributed by atoms with E-state index in [0.717, 1.165) is 25.4 Å². The molecule has 0 spiro atoms. The van der Waals surface area contributed by atoms with Crippen LogP contribution in [-0.4, -0.2) is 24.7 Å². The summed E-state index contributed by atoms with van der Waals surface area (Å²) in [4.78, 5) is 11.0. The highest BCUT2D eigenvalue weighted by Gasteiger charge is 2.30. The Morgan fingerprint density at radius 1 is 1.19 bits per heavy atom. The average molecular weight is 225 g/mol. The molecule has 0 bridgehead atoms. The van der Waals surface area contributed by atoms with E-state index >= 15 is 0 Å². The van der Waals surface area contributed by atoms with Gasteiger partial charge in [0.25, 0.3) is 0 Å². The van der Waals surface area contributed by atoms with Crippen LogP contribution in [0.5, 0.6) is 0 Å². The number of amides is 1. The van der Waals surface area contributed by atoms with Crippen LogP contribution in [0.25, 0.3) is 0 Å². The minimum atomic E-state index is 0.0919. The van der Waals surface area contributed by atoms with Crippen LogP contribution in [0.1, 0.15) is 51.9 Å². The van der Waals surface area contributed by atoms with E-state index in [4.69, 9.17) is 4.74 Å². The van der Waals surface area contributed by atoms with Gasteiger partial charge in [-0.25, -0.2) is 0 Å². The van der Waals surface area contributed by atoms with Crippen molar-refractivity contribution in [2.75, 3.05) is 6.61 Å². The van der Waals surface area contributed by atoms with Gasteiger partial charge in [-0.3, -0.25) is 4.79 Å². The van der Waals surface area contributed by atoms with Crippen molar-refractivity contribution in [3.05, 3.63) is 0 Å². The lowest BCUT2D eigenvalue weighted by Crippen LogP contribution is -2.43. The quantitative estimate of drug-likeness (QED) is 0.782. The standard InChI is InChI=1S/C13H23NO2/c1-10(15)14-12-7-8-16-13(9-12)11-5-3-2-4-6-11/h11-13H,2-9H2,1H3,(H,14,15)/t12-,13-/m1/s1. The summed E-state index contributed by atoms with van der Waals surface area (Å²) >= 11 is 0. The van der Waals surface area contributed by atoms with E-state index < -0.39 is 0 Å². The van der Waals surface area contributed by atoms with Crippen LogP contribution >= 0.6 is 0 Å². The van der Waals surface area contributed by atoms with Crippen molar-refractivity contribution >= 4 is 5.91 Å². The smallest absolute Gasteiger partial charge is 0.217 e. The first-order chi connectivity index (χ1) is 7.75. The van der Waals surface area contributed by atoms with Crippen LogP contribution in [0, 0.1) is 5.92 Å². The molecular formula is C13H23NO2. The molecule has 1 heterocycles. The topological polar surface area (TPSA) is 38.3 Å². The molecule has 3 nitrogen and oxygen atoms in total. The van der Waals surface area contributed by atoms with E-state index in [2.05, 4.69) is 5.32 Å². The van der Waals surface area contributed by atoms with E-state index in [9.17, 15) is 4.79 Å². The van der Waals surface area contributed by atoms with E-state index in [0.29, 0.717) is 12.1 Å². The maximum Gasteiger partial charge on any atom is 0.217 e. The second-order valence-electron chi connectivity index (χ2n) is 5.23. The van der Waals surface area contributed by atoms with E-state index in [1.165, 1.54) is 32.1 Å². The maximum atomic E-state index is 11.0. The summed E-state index contributed by atoms with van der Waals surface area (Å²) in [5.74, 6) is 0.833. The Hall–Kier alpha value is -0.570. The van der Waals surface area contributed by atoms with E-state index in [1.54, 1.807) is 6.92 Å². The summed E-state index contributed by atoms with van der Waals surface area (Å²) in [7, 11) is 0. The summed E-state index contributed by atoms with van der Waals surface area (Å²) < 4.78 is 5.88. The summed E-state index contributed by atoms with van der Waals surface area (Å²) in [6, 6.07) is 0.346. The third kappa shape index (κ3) is 3.21. The second-order valence-corrected chi connectivity index (χ2v) is 5.23. The molecule has 1 saturated carbocycles. The first-order valence-corrected chi connectivity index (χ1v) is 6.64. The van der Waals surface area contributed by atoms with Crippen molar-refractivity contribution in [1.29, 1.82) is 0 Å². The molecule has 3 heteroatoms. The fourth-order valence-electron chi connectivity index (χ4n) is 3.08. The molecule has 0 aromatic carbocycles. The third-order valence-corrected chi connectivity index (χ3v) is 3.90. The van der Waals surface area contributed by atoms with Crippen molar-refractivity contribution in [3.63, 3.8) is 0 Å². The first kappa shape index (κ1) is 11.9. The van der Waals surface area contributed by atoms with Gasteiger partial charge in [0.1, 0.15) is 0 Å². The van der Waals surface area contributed by atoms with Gasteiger partial charge in [-0.1, -0.05) is 19.3 Å². The fraction of sp³-hybridized carbons (Fsp3) is 0.923. The number of hydrogen-bond acceptors (Lipinski definition) is 2. The van der Waals surface area contributed by atoms with Gasteiger partial charge in [-0.05, 0) is 31.6 Å². The van der Waals surface area contributed by atoms with E-state index in [1.807, 2.05) is 0 Å². The van der Waals surface area contributed by atoms with Gasteiger partial charge in [-0.15, -0.1) is 0 Å². The second kappa shape index (κ2) is 5.67. The molecule has 2 atom stereocenters. The predicted molar refractivity (Wildman–Crippen MR) is 63.2 cm³/mol. The normalized spacial score (nSPS) is 32.3. The number of nitrogens with one attached hydrogen (secondary N) is 1. The monoisotopic (exact) mass is 225 g/mol. The van der Waals surface area contributed by atoms with Crippen LogP contribution in [0.15, 0.2) is 0 Å². The first-order valence-electron chi connectivity index (χ1n) is 6.64. The third-order valence-electron chi connectivity index (χ3n) is 3.90. The van der Waals surface area contributed by atoms with Crippen LogP contribution in [-0.2, 0) is 9.53 Å². The lowest BCUT2D eigenvalue weighted by molar-refractivity contribution is -0.121. The molecular weight excluding hydrogens is 202 g/mol. The number of carbonyl (C=O) groups excluding carboxylic acids is 1. The summed E-state index contributed by atoms with van der Waals surface area (Å²) in [6.07, 6.45) is 9.12. The summed E-state index contributed by atoms with van der Waals surface area (Å²) in [6.45, 7) is 2.41. The van der Waals surface area contributed by atoms with Gasteiger partial charge in [-0.2, -0.15) is 0 Å². The highest BCUT2D eigenvalue weighted by molar-refractivity contribution is 5.73. The lowest BCUT2D eigenvalue weighted by atomic mass is 9.82. The molecule has 1 saturated heterocycles. The molecule has 1 N–H and O–H groups in total. The van der Waals surface area contributed by atoms with Crippen molar-refractivity contribution in [3.8, 4) is 0 Å². The minimum Gasteiger partial charge on any atom is -0.378 e. The molecule has 16 heavy (non-hydrogen) atoms. The SMILES string of the molecule is CC(=O)N[C@@H]1CCO[C@@H](C2CCCCC2)C1. The van der Waals surface area contributed by atoms with Gasteiger partial charge in [0.2, 0.25) is 5.91 Å². The largest absolute Gasteiger partial charge is 0.378 e. The Labute approximate surface area is 97.9 Å². The number of carbonyl (C=O) groups is 1. The molecule has 1 aliphatic carbocycles. The van der Waals surface area contributed by atoms with Crippen LogP contribution in [0.3, 0.4) is 0 Å². The molecule has 0 aromatic heterocycles. The minimum absolute atomic E-state index is 0.0919. The molecule has 92 valence electrons. The molecule has 0 unspecified atom stereocenters.